The van der Waals surface area contributed by atoms with Gasteiger partial charge in [-0.15, -0.1) is 0 Å². The molecule has 3 nitrogen and oxygen atoms in total. The fourth-order valence-corrected chi connectivity index (χ4v) is 5.49. The van der Waals surface area contributed by atoms with Crippen LogP contribution in [0.4, 0.5) is 4.39 Å². The summed E-state index contributed by atoms with van der Waals surface area (Å²) in [5.41, 5.74) is -0.951. The average molecular weight is 279 g/mol. The van der Waals surface area contributed by atoms with Crippen molar-refractivity contribution >= 4 is 10.8 Å². The third kappa shape index (κ3) is 1.90. The normalized spacial score (nSPS) is 37.0. The summed E-state index contributed by atoms with van der Waals surface area (Å²) in [4.78, 5) is 0. The monoisotopic (exact) mass is 279 g/mol. The average Bonchev–Trinajstić information content (AvgIpc) is 2.63. The van der Waals surface area contributed by atoms with E-state index in [1.54, 1.807) is 6.07 Å². The van der Waals surface area contributed by atoms with Gasteiger partial charge in [-0.25, -0.2) is 4.39 Å². The van der Waals surface area contributed by atoms with Gasteiger partial charge in [0.15, 0.2) is 0 Å². The molecule has 19 heavy (non-hydrogen) atoms. The summed E-state index contributed by atoms with van der Waals surface area (Å²) in [5.74, 6) is -0.604. The van der Waals surface area contributed by atoms with Crippen LogP contribution in [0, 0.1) is 17.1 Å². The highest BCUT2D eigenvalue weighted by atomic mass is 32.2. The molecule has 0 radical (unpaired) electrons. The van der Waals surface area contributed by atoms with E-state index < -0.39 is 22.2 Å². The Kier molecular flexibility index (Phi) is 2.95. The molecule has 1 aromatic carbocycles. The molecule has 1 N–H and O–H groups in total. The largest absolute Gasteiger partial charge is 0.385 e. The van der Waals surface area contributed by atoms with E-state index in [1.165, 1.54) is 12.1 Å². The van der Waals surface area contributed by atoms with Crippen molar-refractivity contribution in [3.05, 3.63) is 35.1 Å². The van der Waals surface area contributed by atoms with Gasteiger partial charge in [0.2, 0.25) is 0 Å². The lowest BCUT2D eigenvalue weighted by Gasteiger charge is -2.36. The van der Waals surface area contributed by atoms with Crippen molar-refractivity contribution in [2.45, 2.75) is 41.8 Å². The van der Waals surface area contributed by atoms with Crippen LogP contribution in [0.5, 0.6) is 0 Å². The fraction of sp³-hybridized carbons (Fsp3) is 0.500. The van der Waals surface area contributed by atoms with Gasteiger partial charge in [-0.2, -0.15) is 5.26 Å². The highest BCUT2D eigenvalue weighted by Crippen LogP contribution is 2.46. The van der Waals surface area contributed by atoms with Crippen LogP contribution in [-0.2, 0) is 16.4 Å². The maximum Gasteiger partial charge on any atom is 0.141 e. The van der Waals surface area contributed by atoms with Crippen molar-refractivity contribution in [2.24, 2.45) is 0 Å². The van der Waals surface area contributed by atoms with Crippen LogP contribution in [0.15, 0.2) is 18.2 Å². The lowest BCUT2D eigenvalue weighted by atomic mass is 9.83. The number of aliphatic hydroxyl groups is 1. The Morgan fingerprint density at radius 3 is 2.58 bits per heavy atom. The van der Waals surface area contributed by atoms with Crippen LogP contribution in [-0.4, -0.2) is 19.8 Å². The van der Waals surface area contributed by atoms with Crippen molar-refractivity contribution in [1.29, 1.82) is 5.26 Å². The minimum absolute atomic E-state index is 0.0291. The molecule has 2 fully saturated rings. The Bertz CT molecular complexity index is 580. The highest BCUT2D eigenvalue weighted by Gasteiger charge is 2.49. The van der Waals surface area contributed by atoms with Gasteiger partial charge in [-0.1, -0.05) is 12.1 Å². The van der Waals surface area contributed by atoms with E-state index in [0.29, 0.717) is 18.4 Å². The predicted molar refractivity (Wildman–Crippen MR) is 69.2 cm³/mol. The summed E-state index contributed by atoms with van der Waals surface area (Å²) in [6.45, 7) is 0. The van der Waals surface area contributed by atoms with E-state index in [1.807, 2.05) is 6.07 Å². The predicted octanol–water partition coefficient (Wildman–Crippen LogP) is 1.96. The van der Waals surface area contributed by atoms with E-state index in [9.17, 15) is 13.7 Å². The summed E-state index contributed by atoms with van der Waals surface area (Å²) >= 11 is 0. The number of nitrogens with zero attached hydrogens (tertiary/aromatic N) is 1. The molecule has 5 heteroatoms. The van der Waals surface area contributed by atoms with Gasteiger partial charge in [-0.05, 0) is 31.7 Å². The first-order chi connectivity index (χ1) is 9.05. The van der Waals surface area contributed by atoms with Crippen LogP contribution in [0.1, 0.15) is 36.8 Å². The molecule has 2 heterocycles. The van der Waals surface area contributed by atoms with Crippen molar-refractivity contribution in [3.8, 4) is 6.07 Å². The third-order valence-electron chi connectivity index (χ3n) is 4.23. The van der Waals surface area contributed by atoms with Crippen molar-refractivity contribution in [2.75, 3.05) is 0 Å². The number of rotatable bonds is 1. The van der Waals surface area contributed by atoms with Gasteiger partial charge in [0.05, 0.1) is 11.2 Å². The molecular formula is C14H14FNO2S. The minimum atomic E-state index is -1.22. The zero-order chi connectivity index (χ0) is 13.6. The summed E-state index contributed by atoms with van der Waals surface area (Å²) < 4.78 is 25.7. The molecule has 0 spiro atoms. The topological polar surface area (TPSA) is 61.1 Å². The van der Waals surface area contributed by atoms with E-state index in [2.05, 4.69) is 0 Å². The fourth-order valence-electron chi connectivity index (χ4n) is 3.33. The summed E-state index contributed by atoms with van der Waals surface area (Å²) in [5, 5.41) is 19.8. The maximum atomic E-state index is 13.7. The second-order valence-electron chi connectivity index (χ2n) is 5.36. The van der Waals surface area contributed by atoms with Gasteiger partial charge < -0.3 is 5.11 Å². The Morgan fingerprint density at radius 1 is 1.37 bits per heavy atom. The Hall–Kier alpha value is -1.25. The van der Waals surface area contributed by atoms with Gasteiger partial charge >= 0.3 is 0 Å². The number of benzene rings is 1. The lowest BCUT2D eigenvalue weighted by Crippen LogP contribution is -2.40. The van der Waals surface area contributed by atoms with Gasteiger partial charge in [0.25, 0.3) is 0 Å². The Balaban J connectivity index is 2.06. The van der Waals surface area contributed by atoms with E-state index in [0.717, 1.165) is 12.8 Å². The van der Waals surface area contributed by atoms with Crippen LogP contribution in [0.3, 0.4) is 0 Å². The summed E-state index contributed by atoms with van der Waals surface area (Å²) in [6, 6.07) is 6.18. The molecule has 3 rings (SSSR count). The number of halogens is 1. The Labute approximate surface area is 113 Å². The van der Waals surface area contributed by atoms with Crippen LogP contribution in [0.25, 0.3) is 0 Å². The highest BCUT2D eigenvalue weighted by molar-refractivity contribution is 7.86. The van der Waals surface area contributed by atoms with Crippen LogP contribution >= 0.6 is 0 Å². The second-order valence-corrected chi connectivity index (χ2v) is 7.35. The van der Waals surface area contributed by atoms with Gasteiger partial charge in [-0.3, -0.25) is 4.21 Å². The number of fused-ring (bicyclic) bond motifs is 2. The second kappa shape index (κ2) is 4.39. The SMILES string of the molecule is N#Cc1c(F)cccc1C1(O)CC2CCC(C1)S2=O. The van der Waals surface area contributed by atoms with Gasteiger partial charge in [0.1, 0.15) is 11.9 Å². The maximum absolute atomic E-state index is 13.7. The van der Waals surface area contributed by atoms with Crippen LogP contribution < -0.4 is 0 Å². The molecule has 2 unspecified atom stereocenters. The molecule has 2 saturated heterocycles. The molecule has 2 aliphatic rings. The first-order valence-electron chi connectivity index (χ1n) is 6.36. The van der Waals surface area contributed by atoms with E-state index >= 15 is 0 Å². The molecule has 100 valence electrons. The molecule has 0 amide bonds. The van der Waals surface area contributed by atoms with Crippen LogP contribution in [0.2, 0.25) is 0 Å². The number of hydrogen-bond acceptors (Lipinski definition) is 3. The quantitative estimate of drug-likeness (QED) is 0.854. The zero-order valence-corrected chi connectivity index (χ0v) is 11.1. The molecule has 2 aliphatic heterocycles. The minimum Gasteiger partial charge on any atom is -0.385 e. The number of hydrogen-bond donors (Lipinski definition) is 1. The molecule has 0 saturated carbocycles. The lowest BCUT2D eigenvalue weighted by molar-refractivity contribution is 0.0179. The molecule has 2 atom stereocenters. The molecule has 0 aromatic heterocycles. The summed E-state index contributed by atoms with van der Waals surface area (Å²) in [6.07, 6.45) is 2.40. The molecule has 0 aliphatic carbocycles. The van der Waals surface area contributed by atoms with E-state index in [-0.39, 0.29) is 16.1 Å². The van der Waals surface area contributed by atoms with Crippen molar-refractivity contribution in [1.82, 2.24) is 0 Å². The molecule has 1 aromatic rings. The third-order valence-corrected chi connectivity index (χ3v) is 6.34. The first-order valence-corrected chi connectivity index (χ1v) is 7.63. The van der Waals surface area contributed by atoms with Crippen molar-refractivity contribution in [3.63, 3.8) is 0 Å². The zero-order valence-electron chi connectivity index (χ0n) is 10.3. The molecule has 2 bridgehead atoms. The Morgan fingerprint density at radius 2 is 2.00 bits per heavy atom. The summed E-state index contributed by atoms with van der Waals surface area (Å²) in [7, 11) is -0.890. The first kappa shape index (κ1) is 12.8. The number of nitriles is 1. The van der Waals surface area contributed by atoms with Crippen molar-refractivity contribution < 1.29 is 13.7 Å². The van der Waals surface area contributed by atoms with Gasteiger partial charge in [0, 0.05) is 26.9 Å². The van der Waals surface area contributed by atoms with E-state index in [4.69, 9.17) is 5.26 Å². The standard InChI is InChI=1S/C14H14FNO2S/c15-13-3-1-2-12(11(13)8-16)14(17)6-9-4-5-10(7-14)19(9)18/h1-3,9-10,17H,4-7H2. The smallest absolute Gasteiger partial charge is 0.141 e. The molecular weight excluding hydrogens is 265 g/mol.